The zero-order valence-electron chi connectivity index (χ0n) is 9.63. The van der Waals surface area contributed by atoms with Crippen molar-refractivity contribution in [3.8, 4) is 0 Å². The molecule has 2 N–H and O–H groups in total. The Labute approximate surface area is 105 Å². The molecule has 16 heavy (non-hydrogen) atoms. The molecular weight excluding hydrogens is 262 g/mol. The summed E-state index contributed by atoms with van der Waals surface area (Å²) in [4.78, 5) is 0. The Bertz CT molecular complexity index is 452. The number of hydrogen-bond acceptors (Lipinski definition) is 1. The van der Waals surface area contributed by atoms with Gasteiger partial charge in [-0.1, -0.05) is 48.0 Å². The fourth-order valence-corrected chi connectivity index (χ4v) is 2.40. The normalized spacial score (nSPS) is 18.9. The van der Waals surface area contributed by atoms with Gasteiger partial charge in [0.05, 0.1) is 0 Å². The molecule has 1 nitrogen and oxygen atoms in total. The lowest BCUT2D eigenvalue weighted by atomic mass is 9.79. The standard InChI is InChI=1S/C14H16BrN/c1-14(2)8-11(7-13(16)9-14)10-3-5-12(15)6-4-10/h3-7,9H,8,16H2,1-2H3. The van der Waals surface area contributed by atoms with Crippen LogP contribution in [0.25, 0.3) is 5.57 Å². The third kappa shape index (κ3) is 2.56. The molecule has 2 heteroatoms. The molecular formula is C14H16BrN. The number of allylic oxidation sites excluding steroid dienone is 3. The smallest absolute Gasteiger partial charge is 0.0281 e. The van der Waals surface area contributed by atoms with Crippen LogP contribution in [0.1, 0.15) is 25.8 Å². The molecule has 0 atom stereocenters. The lowest BCUT2D eigenvalue weighted by Crippen LogP contribution is -2.15. The Balaban J connectivity index is 2.36. The predicted octanol–water partition coefficient (Wildman–Crippen LogP) is 4.11. The monoisotopic (exact) mass is 277 g/mol. The highest BCUT2D eigenvalue weighted by atomic mass is 79.9. The summed E-state index contributed by atoms with van der Waals surface area (Å²) in [5.41, 5.74) is 9.54. The topological polar surface area (TPSA) is 26.0 Å². The third-order valence-electron chi connectivity index (χ3n) is 2.76. The SMILES string of the molecule is CC1(C)C=C(N)C=C(c2ccc(Br)cc2)C1. The zero-order chi connectivity index (χ0) is 11.8. The van der Waals surface area contributed by atoms with Gasteiger partial charge in [0.25, 0.3) is 0 Å². The maximum Gasteiger partial charge on any atom is 0.0281 e. The molecule has 0 unspecified atom stereocenters. The lowest BCUT2D eigenvalue weighted by molar-refractivity contribution is 0.488. The van der Waals surface area contributed by atoms with Crippen molar-refractivity contribution in [3.05, 3.63) is 52.2 Å². The first-order valence-corrected chi connectivity index (χ1v) is 6.20. The van der Waals surface area contributed by atoms with Gasteiger partial charge in [-0.15, -0.1) is 0 Å². The summed E-state index contributed by atoms with van der Waals surface area (Å²) < 4.78 is 1.11. The molecule has 0 saturated carbocycles. The number of halogens is 1. The summed E-state index contributed by atoms with van der Waals surface area (Å²) in [7, 11) is 0. The Morgan fingerprint density at radius 2 is 1.81 bits per heavy atom. The molecule has 0 saturated heterocycles. The molecule has 2 rings (SSSR count). The molecule has 0 aliphatic heterocycles. The first kappa shape index (κ1) is 11.5. The van der Waals surface area contributed by atoms with Crippen LogP contribution in [0.15, 0.2) is 46.6 Å². The number of rotatable bonds is 1. The highest BCUT2D eigenvalue weighted by Crippen LogP contribution is 2.36. The van der Waals surface area contributed by atoms with E-state index in [9.17, 15) is 0 Å². The zero-order valence-corrected chi connectivity index (χ0v) is 11.2. The molecule has 0 fully saturated rings. The van der Waals surface area contributed by atoms with Crippen LogP contribution in [0.3, 0.4) is 0 Å². The molecule has 1 aromatic carbocycles. The van der Waals surface area contributed by atoms with Gasteiger partial charge >= 0.3 is 0 Å². The average molecular weight is 278 g/mol. The van der Waals surface area contributed by atoms with Crippen LogP contribution in [0, 0.1) is 5.41 Å². The fourth-order valence-electron chi connectivity index (χ4n) is 2.14. The molecule has 0 heterocycles. The van der Waals surface area contributed by atoms with Gasteiger partial charge in [-0.3, -0.25) is 0 Å². The van der Waals surface area contributed by atoms with Gasteiger partial charge in [0, 0.05) is 10.2 Å². The van der Waals surface area contributed by atoms with Crippen molar-refractivity contribution in [2.45, 2.75) is 20.3 Å². The molecule has 1 aliphatic rings. The van der Waals surface area contributed by atoms with Crippen LogP contribution in [0.4, 0.5) is 0 Å². The third-order valence-corrected chi connectivity index (χ3v) is 3.29. The van der Waals surface area contributed by atoms with Gasteiger partial charge < -0.3 is 5.73 Å². The van der Waals surface area contributed by atoms with Crippen molar-refractivity contribution in [2.75, 3.05) is 0 Å². The molecule has 0 amide bonds. The van der Waals surface area contributed by atoms with E-state index in [2.05, 4.69) is 66.2 Å². The van der Waals surface area contributed by atoms with E-state index in [-0.39, 0.29) is 5.41 Å². The van der Waals surface area contributed by atoms with Crippen molar-refractivity contribution >= 4 is 21.5 Å². The molecule has 0 spiro atoms. The average Bonchev–Trinajstić information content (AvgIpc) is 2.15. The minimum atomic E-state index is 0.154. The van der Waals surface area contributed by atoms with E-state index in [1.807, 2.05) is 0 Å². The molecule has 1 aliphatic carbocycles. The maximum absolute atomic E-state index is 5.94. The van der Waals surface area contributed by atoms with Crippen molar-refractivity contribution in [1.82, 2.24) is 0 Å². The maximum atomic E-state index is 5.94. The van der Waals surface area contributed by atoms with Gasteiger partial charge in [-0.25, -0.2) is 0 Å². The lowest BCUT2D eigenvalue weighted by Gasteiger charge is -2.27. The van der Waals surface area contributed by atoms with Crippen LogP contribution >= 0.6 is 15.9 Å². The van der Waals surface area contributed by atoms with Crippen LogP contribution < -0.4 is 5.73 Å². The van der Waals surface area contributed by atoms with Gasteiger partial charge in [-0.2, -0.15) is 0 Å². The van der Waals surface area contributed by atoms with Gasteiger partial charge in [-0.05, 0) is 41.2 Å². The van der Waals surface area contributed by atoms with E-state index in [1.54, 1.807) is 0 Å². The second-order valence-electron chi connectivity index (χ2n) is 4.99. The van der Waals surface area contributed by atoms with Crippen LogP contribution in [0.2, 0.25) is 0 Å². The summed E-state index contributed by atoms with van der Waals surface area (Å²) in [6.07, 6.45) is 5.25. The van der Waals surface area contributed by atoms with Crippen molar-refractivity contribution in [1.29, 1.82) is 0 Å². The number of hydrogen-bond donors (Lipinski definition) is 1. The minimum absolute atomic E-state index is 0.154. The summed E-state index contributed by atoms with van der Waals surface area (Å²) in [6.45, 7) is 4.43. The van der Waals surface area contributed by atoms with E-state index in [0.717, 1.165) is 16.6 Å². The Kier molecular flexibility index (Phi) is 2.94. The number of nitrogens with two attached hydrogens (primary N) is 1. The van der Waals surface area contributed by atoms with E-state index in [4.69, 9.17) is 5.73 Å². The summed E-state index contributed by atoms with van der Waals surface area (Å²) in [5.74, 6) is 0. The predicted molar refractivity (Wildman–Crippen MR) is 72.8 cm³/mol. The van der Waals surface area contributed by atoms with Gasteiger partial charge in [0.15, 0.2) is 0 Å². The molecule has 0 bridgehead atoms. The highest BCUT2D eigenvalue weighted by molar-refractivity contribution is 9.10. The first-order chi connectivity index (χ1) is 7.46. The summed E-state index contributed by atoms with van der Waals surface area (Å²) in [6, 6.07) is 8.39. The Morgan fingerprint density at radius 1 is 1.19 bits per heavy atom. The van der Waals surface area contributed by atoms with Crippen molar-refractivity contribution < 1.29 is 0 Å². The largest absolute Gasteiger partial charge is 0.399 e. The first-order valence-electron chi connectivity index (χ1n) is 5.41. The van der Waals surface area contributed by atoms with Crippen LogP contribution in [-0.2, 0) is 0 Å². The second kappa shape index (κ2) is 4.10. The van der Waals surface area contributed by atoms with E-state index < -0.39 is 0 Å². The Morgan fingerprint density at radius 3 is 2.38 bits per heavy atom. The second-order valence-corrected chi connectivity index (χ2v) is 5.90. The summed E-state index contributed by atoms with van der Waals surface area (Å²) >= 11 is 3.45. The van der Waals surface area contributed by atoms with Gasteiger partial charge in [0.2, 0.25) is 0 Å². The number of benzene rings is 1. The fraction of sp³-hybridized carbons (Fsp3) is 0.286. The van der Waals surface area contributed by atoms with E-state index >= 15 is 0 Å². The highest BCUT2D eigenvalue weighted by Gasteiger charge is 2.21. The molecule has 0 radical (unpaired) electrons. The minimum Gasteiger partial charge on any atom is -0.399 e. The van der Waals surface area contributed by atoms with Crippen LogP contribution in [-0.4, -0.2) is 0 Å². The molecule has 1 aromatic rings. The van der Waals surface area contributed by atoms with Crippen molar-refractivity contribution in [3.63, 3.8) is 0 Å². The quantitative estimate of drug-likeness (QED) is 0.822. The van der Waals surface area contributed by atoms with E-state index in [0.29, 0.717) is 0 Å². The summed E-state index contributed by atoms with van der Waals surface area (Å²) in [5, 5.41) is 0. The van der Waals surface area contributed by atoms with Crippen molar-refractivity contribution in [2.24, 2.45) is 11.1 Å². The molecule has 84 valence electrons. The van der Waals surface area contributed by atoms with Crippen LogP contribution in [0.5, 0.6) is 0 Å². The molecule has 0 aromatic heterocycles. The Hall–Kier alpha value is -1.02. The van der Waals surface area contributed by atoms with E-state index in [1.165, 1.54) is 11.1 Å². The van der Waals surface area contributed by atoms with Gasteiger partial charge in [0.1, 0.15) is 0 Å².